The first-order valence-electron chi connectivity index (χ1n) is 6.12. The van der Waals surface area contributed by atoms with Crippen LogP contribution in [-0.4, -0.2) is 21.3 Å². The Morgan fingerprint density at radius 1 is 1.37 bits per heavy atom. The number of nitrogens with zero attached hydrogens (tertiary/aromatic N) is 2. The Morgan fingerprint density at radius 3 is 2.84 bits per heavy atom. The molecule has 5 heteroatoms. The molecule has 3 N–H and O–H groups in total. The summed E-state index contributed by atoms with van der Waals surface area (Å²) in [5, 5.41) is 11.3. The van der Waals surface area contributed by atoms with Crippen molar-refractivity contribution in [2.24, 2.45) is 0 Å². The summed E-state index contributed by atoms with van der Waals surface area (Å²) in [6.07, 6.45) is 0. The van der Waals surface area contributed by atoms with Crippen LogP contribution in [0.4, 0.5) is 5.69 Å². The van der Waals surface area contributed by atoms with E-state index in [0.717, 1.165) is 33.0 Å². The number of aliphatic hydroxyl groups excluding tert-OH is 1. The van der Waals surface area contributed by atoms with Crippen molar-refractivity contribution in [2.45, 2.75) is 13.5 Å². The lowest BCUT2D eigenvalue weighted by Gasteiger charge is -2.06. The molecule has 0 aliphatic rings. The molecule has 3 aromatic rings. The number of imidazole rings is 1. The van der Waals surface area contributed by atoms with Gasteiger partial charge in [-0.15, -0.1) is 11.3 Å². The molecule has 4 nitrogen and oxygen atoms in total. The van der Waals surface area contributed by atoms with Crippen LogP contribution in [0, 0.1) is 6.92 Å². The van der Waals surface area contributed by atoms with Gasteiger partial charge in [0, 0.05) is 6.54 Å². The third kappa shape index (κ3) is 1.91. The monoisotopic (exact) mass is 273 g/mol. The molecule has 3 rings (SSSR count). The van der Waals surface area contributed by atoms with Crippen LogP contribution in [0.3, 0.4) is 0 Å². The van der Waals surface area contributed by atoms with Crippen LogP contribution in [0.2, 0.25) is 0 Å². The fourth-order valence-corrected chi connectivity index (χ4v) is 3.17. The second-order valence-corrected chi connectivity index (χ2v) is 5.34. The maximum absolute atomic E-state index is 9.27. The molecule has 0 unspecified atom stereocenters. The van der Waals surface area contributed by atoms with Gasteiger partial charge in [0.2, 0.25) is 0 Å². The van der Waals surface area contributed by atoms with Crippen LogP contribution in [0.5, 0.6) is 0 Å². The van der Waals surface area contributed by atoms with Crippen molar-refractivity contribution in [3.8, 4) is 10.7 Å². The number of aliphatic hydroxyl groups is 1. The largest absolute Gasteiger partial charge is 0.397 e. The van der Waals surface area contributed by atoms with Gasteiger partial charge in [0.15, 0.2) is 5.82 Å². The lowest BCUT2D eigenvalue weighted by atomic mass is 10.3. The first-order chi connectivity index (χ1) is 9.22. The number of benzene rings is 1. The number of nitrogens with two attached hydrogens (primary N) is 1. The minimum absolute atomic E-state index is 0.0810. The Balaban J connectivity index is 2.28. The van der Waals surface area contributed by atoms with Crippen LogP contribution in [0.15, 0.2) is 29.6 Å². The highest BCUT2D eigenvalue weighted by Crippen LogP contribution is 2.35. The Hall–Kier alpha value is -1.85. The number of para-hydroxylation sites is 2. The van der Waals surface area contributed by atoms with E-state index in [0.29, 0.717) is 6.54 Å². The van der Waals surface area contributed by atoms with Crippen LogP contribution in [-0.2, 0) is 6.54 Å². The zero-order chi connectivity index (χ0) is 13.4. The molecule has 98 valence electrons. The number of rotatable bonds is 3. The maximum atomic E-state index is 9.27. The third-order valence-electron chi connectivity index (χ3n) is 3.20. The molecule has 0 atom stereocenters. The SMILES string of the molecule is Cc1csc(-c2nc3ccccc3n2CCO)c1N. The molecule has 0 radical (unpaired) electrons. The average Bonchev–Trinajstić information content (AvgIpc) is 2.93. The number of fused-ring (bicyclic) bond motifs is 1. The van der Waals surface area contributed by atoms with Crippen molar-refractivity contribution in [2.75, 3.05) is 12.3 Å². The Morgan fingerprint density at radius 2 is 2.16 bits per heavy atom. The molecule has 2 aromatic heterocycles. The summed E-state index contributed by atoms with van der Waals surface area (Å²) in [4.78, 5) is 5.63. The summed E-state index contributed by atoms with van der Waals surface area (Å²) < 4.78 is 2.02. The van der Waals surface area contributed by atoms with Crippen molar-refractivity contribution in [3.63, 3.8) is 0 Å². The number of aromatic nitrogens is 2. The van der Waals surface area contributed by atoms with Gasteiger partial charge >= 0.3 is 0 Å². The number of anilines is 1. The molecule has 2 heterocycles. The van der Waals surface area contributed by atoms with E-state index in [9.17, 15) is 5.11 Å². The average molecular weight is 273 g/mol. The van der Waals surface area contributed by atoms with Crippen molar-refractivity contribution in [3.05, 3.63) is 35.2 Å². The summed E-state index contributed by atoms with van der Waals surface area (Å²) in [7, 11) is 0. The Kier molecular flexibility index (Phi) is 3.00. The summed E-state index contributed by atoms with van der Waals surface area (Å²) >= 11 is 1.59. The van der Waals surface area contributed by atoms with Gasteiger partial charge in [-0.1, -0.05) is 12.1 Å². The van der Waals surface area contributed by atoms with E-state index in [4.69, 9.17) is 5.73 Å². The highest BCUT2D eigenvalue weighted by atomic mass is 32.1. The number of nitrogen functional groups attached to an aromatic ring is 1. The predicted octanol–water partition coefficient (Wildman–Crippen LogP) is 2.65. The molecule has 0 aliphatic heterocycles. The maximum Gasteiger partial charge on any atom is 0.153 e. The number of thiophene rings is 1. The van der Waals surface area contributed by atoms with E-state index in [1.165, 1.54) is 0 Å². The standard InChI is InChI=1S/C14H15N3OS/c1-9-8-19-13(12(9)15)14-16-10-4-2-3-5-11(10)17(14)6-7-18/h2-5,8,18H,6-7,15H2,1H3. The molecule has 1 aromatic carbocycles. The van der Waals surface area contributed by atoms with E-state index >= 15 is 0 Å². The molecule has 0 spiro atoms. The molecule has 0 bridgehead atoms. The lowest BCUT2D eigenvalue weighted by Crippen LogP contribution is -2.04. The van der Waals surface area contributed by atoms with Gasteiger partial charge in [-0.3, -0.25) is 0 Å². The number of hydrogen-bond acceptors (Lipinski definition) is 4. The molecule has 0 amide bonds. The zero-order valence-corrected chi connectivity index (χ0v) is 11.4. The van der Waals surface area contributed by atoms with Gasteiger partial charge in [0.05, 0.1) is 28.2 Å². The third-order valence-corrected chi connectivity index (χ3v) is 4.31. The zero-order valence-electron chi connectivity index (χ0n) is 10.6. The van der Waals surface area contributed by atoms with Crippen LogP contribution >= 0.6 is 11.3 Å². The van der Waals surface area contributed by atoms with Crippen LogP contribution in [0.25, 0.3) is 21.7 Å². The summed E-state index contributed by atoms with van der Waals surface area (Å²) in [6.45, 7) is 2.60. The number of hydrogen-bond donors (Lipinski definition) is 2. The molecule has 0 fully saturated rings. The van der Waals surface area contributed by atoms with E-state index in [-0.39, 0.29) is 6.61 Å². The highest BCUT2D eigenvalue weighted by Gasteiger charge is 2.16. The van der Waals surface area contributed by atoms with Gasteiger partial charge in [0.1, 0.15) is 0 Å². The van der Waals surface area contributed by atoms with Crippen LogP contribution < -0.4 is 5.73 Å². The minimum Gasteiger partial charge on any atom is -0.397 e. The van der Waals surface area contributed by atoms with Gasteiger partial charge in [0.25, 0.3) is 0 Å². The second kappa shape index (κ2) is 4.68. The van der Waals surface area contributed by atoms with E-state index in [1.54, 1.807) is 11.3 Å². The topological polar surface area (TPSA) is 64.1 Å². The van der Waals surface area contributed by atoms with Gasteiger partial charge < -0.3 is 15.4 Å². The summed E-state index contributed by atoms with van der Waals surface area (Å²) in [6, 6.07) is 7.93. The first kappa shape index (κ1) is 12.2. The molecule has 0 saturated carbocycles. The van der Waals surface area contributed by atoms with Crippen molar-refractivity contribution >= 4 is 28.1 Å². The van der Waals surface area contributed by atoms with Crippen molar-refractivity contribution in [1.29, 1.82) is 0 Å². The number of aryl methyl sites for hydroxylation is 1. The second-order valence-electron chi connectivity index (χ2n) is 4.46. The van der Waals surface area contributed by atoms with Crippen molar-refractivity contribution in [1.82, 2.24) is 9.55 Å². The van der Waals surface area contributed by atoms with Gasteiger partial charge in [-0.05, 0) is 30.0 Å². The fourth-order valence-electron chi connectivity index (χ4n) is 2.20. The minimum atomic E-state index is 0.0810. The van der Waals surface area contributed by atoms with E-state index < -0.39 is 0 Å². The molecular weight excluding hydrogens is 258 g/mol. The molecule has 19 heavy (non-hydrogen) atoms. The van der Waals surface area contributed by atoms with E-state index in [1.807, 2.05) is 41.1 Å². The summed E-state index contributed by atoms with van der Waals surface area (Å²) in [5.74, 6) is 0.839. The molecule has 0 aliphatic carbocycles. The normalized spacial score (nSPS) is 11.3. The predicted molar refractivity (Wildman–Crippen MR) is 79.3 cm³/mol. The van der Waals surface area contributed by atoms with E-state index in [2.05, 4.69) is 4.98 Å². The van der Waals surface area contributed by atoms with Crippen LogP contribution in [0.1, 0.15) is 5.56 Å². The lowest BCUT2D eigenvalue weighted by molar-refractivity contribution is 0.278. The van der Waals surface area contributed by atoms with Crippen molar-refractivity contribution < 1.29 is 5.11 Å². The summed E-state index contributed by atoms with van der Waals surface area (Å²) in [5.41, 5.74) is 9.92. The van der Waals surface area contributed by atoms with Gasteiger partial charge in [-0.25, -0.2) is 4.98 Å². The Labute approximate surface area is 115 Å². The quantitative estimate of drug-likeness (QED) is 0.771. The van der Waals surface area contributed by atoms with Gasteiger partial charge in [-0.2, -0.15) is 0 Å². The fraction of sp³-hybridized carbons (Fsp3) is 0.214. The molecule has 0 saturated heterocycles. The first-order valence-corrected chi connectivity index (χ1v) is 7.00. The smallest absolute Gasteiger partial charge is 0.153 e. The highest BCUT2D eigenvalue weighted by molar-refractivity contribution is 7.14. The Bertz CT molecular complexity index is 729. The molecular formula is C14H15N3OS.